The molecule has 0 unspecified atom stereocenters. The number of hydrogen-bond acceptors (Lipinski definition) is 14. The fraction of sp³-hybridized carbons (Fsp3) is 0.333. The molecule has 18 nitrogen and oxygen atoms in total. The summed E-state index contributed by atoms with van der Waals surface area (Å²) in [5, 5.41) is 36.3. The highest BCUT2D eigenvalue weighted by molar-refractivity contribution is 7.91. The van der Waals surface area contributed by atoms with Gasteiger partial charge in [0.2, 0.25) is 16.2 Å². The Hall–Kier alpha value is -4.73. The number of nitrogens with two attached hydrogens (primary N) is 2. The summed E-state index contributed by atoms with van der Waals surface area (Å²) in [6.45, 7) is -0.746. The van der Waals surface area contributed by atoms with Gasteiger partial charge in [0, 0.05) is 0 Å². The number of aliphatic carboxylic acids is 1. The molecule has 4 aromatic rings. The van der Waals surface area contributed by atoms with E-state index in [0.29, 0.717) is 33.0 Å². The van der Waals surface area contributed by atoms with Crippen LogP contribution in [0.3, 0.4) is 0 Å². The Balaban J connectivity index is 1.20. The first-order valence-electron chi connectivity index (χ1n) is 13.8. The van der Waals surface area contributed by atoms with Gasteiger partial charge in [-0.05, 0) is 35.9 Å². The third-order valence-corrected chi connectivity index (χ3v) is 8.49. The number of fused-ring (bicyclic) bond motifs is 1. The van der Waals surface area contributed by atoms with Crippen LogP contribution in [0.1, 0.15) is 11.3 Å². The highest BCUT2D eigenvalue weighted by Crippen LogP contribution is 2.28. The van der Waals surface area contributed by atoms with Crippen molar-refractivity contribution in [1.29, 1.82) is 0 Å². The number of carbonyl (C=O) groups excluding carboxylic acids is 2. The Morgan fingerprint density at radius 2 is 1.87 bits per heavy atom. The minimum absolute atomic E-state index is 0.0122. The zero-order valence-electron chi connectivity index (χ0n) is 24.6. The SMILES string of the molecule is N[C@@H](CO)C(=O)NCCOc1cccc(COC[C@H](NC(=O)Cn2cc(COc3ccc4nc(S(N)(=O)=O)sc4c3)nn2)C(=O)O)c1. The molecule has 0 aliphatic rings. The van der Waals surface area contributed by atoms with Crippen LogP contribution < -0.4 is 31.0 Å². The highest BCUT2D eigenvalue weighted by Gasteiger charge is 2.21. The number of thiazole rings is 1. The molecule has 0 spiro atoms. The minimum atomic E-state index is -3.93. The molecule has 0 bridgehead atoms. The number of aliphatic hydroxyl groups is 1. The summed E-state index contributed by atoms with van der Waals surface area (Å²) in [4.78, 5) is 39.8. The molecule has 2 aromatic carbocycles. The summed E-state index contributed by atoms with van der Waals surface area (Å²) in [6.07, 6.45) is 1.46. The van der Waals surface area contributed by atoms with E-state index in [-0.39, 0.29) is 43.9 Å². The van der Waals surface area contributed by atoms with E-state index in [1.54, 1.807) is 42.5 Å². The van der Waals surface area contributed by atoms with E-state index < -0.39 is 46.5 Å². The summed E-state index contributed by atoms with van der Waals surface area (Å²) >= 11 is 0.911. The molecule has 8 N–H and O–H groups in total. The van der Waals surface area contributed by atoms with Gasteiger partial charge in [0.15, 0.2) is 6.04 Å². The van der Waals surface area contributed by atoms with Crippen molar-refractivity contribution >= 4 is 49.4 Å². The average molecular weight is 693 g/mol. The van der Waals surface area contributed by atoms with Gasteiger partial charge in [0.05, 0.1) is 42.8 Å². The van der Waals surface area contributed by atoms with E-state index in [1.807, 2.05) is 0 Å². The number of carboxylic acid groups (broad SMARTS) is 1. The van der Waals surface area contributed by atoms with E-state index >= 15 is 0 Å². The van der Waals surface area contributed by atoms with E-state index in [9.17, 15) is 27.9 Å². The minimum Gasteiger partial charge on any atom is -0.492 e. The van der Waals surface area contributed by atoms with Gasteiger partial charge in [0.25, 0.3) is 10.0 Å². The molecular weight excluding hydrogens is 660 g/mol. The number of primary sulfonamides is 1. The summed E-state index contributed by atoms with van der Waals surface area (Å²) in [5.41, 5.74) is 6.94. The lowest BCUT2D eigenvalue weighted by Gasteiger charge is -2.15. The van der Waals surface area contributed by atoms with Crippen molar-refractivity contribution in [2.75, 3.05) is 26.4 Å². The zero-order valence-corrected chi connectivity index (χ0v) is 26.3. The lowest BCUT2D eigenvalue weighted by atomic mass is 10.2. The van der Waals surface area contributed by atoms with Crippen LogP contribution in [0.2, 0.25) is 0 Å². The second kappa shape index (κ2) is 16.2. The number of nitrogens with zero attached hydrogens (tertiary/aromatic N) is 4. The first-order chi connectivity index (χ1) is 22.4. The summed E-state index contributed by atoms with van der Waals surface area (Å²) in [7, 11) is -3.93. The van der Waals surface area contributed by atoms with E-state index in [1.165, 1.54) is 10.9 Å². The van der Waals surface area contributed by atoms with Crippen molar-refractivity contribution in [3.63, 3.8) is 0 Å². The van der Waals surface area contributed by atoms with Crippen LogP contribution in [0.15, 0.2) is 53.0 Å². The predicted molar refractivity (Wildman–Crippen MR) is 165 cm³/mol. The molecule has 4 rings (SSSR count). The molecular formula is C27H32N8O10S2. The van der Waals surface area contributed by atoms with Crippen LogP contribution in [0.5, 0.6) is 11.5 Å². The average Bonchev–Trinajstić information content (AvgIpc) is 3.68. The van der Waals surface area contributed by atoms with Crippen molar-refractivity contribution in [3.05, 3.63) is 59.9 Å². The molecule has 47 heavy (non-hydrogen) atoms. The Labute approximate surface area is 271 Å². The number of carbonyl (C=O) groups is 3. The number of hydrogen-bond donors (Lipinski definition) is 6. The molecule has 2 atom stereocenters. The van der Waals surface area contributed by atoms with Gasteiger partial charge in [-0.3, -0.25) is 9.59 Å². The quantitative estimate of drug-likeness (QED) is 0.0663. The number of nitrogens with one attached hydrogen (secondary N) is 2. The second-order valence-corrected chi connectivity index (χ2v) is 12.7. The highest BCUT2D eigenvalue weighted by atomic mass is 32.2. The number of sulfonamides is 1. The number of amides is 2. The fourth-order valence-electron chi connectivity index (χ4n) is 3.87. The van der Waals surface area contributed by atoms with Gasteiger partial charge in [-0.1, -0.05) is 17.3 Å². The first-order valence-corrected chi connectivity index (χ1v) is 16.2. The summed E-state index contributed by atoms with van der Waals surface area (Å²) in [6, 6.07) is 9.32. The summed E-state index contributed by atoms with van der Waals surface area (Å²) < 4.78 is 41.5. The lowest BCUT2D eigenvalue weighted by Crippen LogP contribution is -2.45. The molecule has 0 aliphatic heterocycles. The Morgan fingerprint density at radius 3 is 2.62 bits per heavy atom. The normalized spacial score (nSPS) is 12.7. The topological polar surface area (TPSA) is 273 Å². The largest absolute Gasteiger partial charge is 0.492 e. The molecule has 2 heterocycles. The van der Waals surface area contributed by atoms with Crippen LogP contribution in [-0.2, 0) is 48.9 Å². The Morgan fingerprint density at radius 1 is 1.09 bits per heavy atom. The molecule has 0 fully saturated rings. The third-order valence-electron chi connectivity index (χ3n) is 6.15. The molecule has 0 radical (unpaired) electrons. The van der Waals surface area contributed by atoms with E-state index in [0.717, 1.165) is 11.3 Å². The molecule has 252 valence electrons. The second-order valence-electron chi connectivity index (χ2n) is 9.90. The number of aliphatic hydroxyl groups excluding tert-OH is 1. The van der Waals surface area contributed by atoms with Crippen LogP contribution in [0, 0.1) is 0 Å². The number of rotatable bonds is 18. The van der Waals surface area contributed by atoms with E-state index in [2.05, 4.69) is 25.9 Å². The number of carboxylic acids is 1. The van der Waals surface area contributed by atoms with Gasteiger partial charge >= 0.3 is 5.97 Å². The smallest absolute Gasteiger partial charge is 0.328 e. The zero-order chi connectivity index (χ0) is 34.0. The van der Waals surface area contributed by atoms with Crippen LogP contribution >= 0.6 is 11.3 Å². The fourth-order valence-corrected chi connectivity index (χ4v) is 5.56. The van der Waals surface area contributed by atoms with Crippen molar-refractivity contribution in [2.24, 2.45) is 10.9 Å². The maximum atomic E-state index is 12.5. The van der Waals surface area contributed by atoms with Crippen molar-refractivity contribution in [3.8, 4) is 11.5 Å². The molecule has 0 saturated carbocycles. The Kier molecular flexibility index (Phi) is 12.1. The van der Waals surface area contributed by atoms with Crippen LogP contribution in [-0.4, -0.2) is 94.8 Å². The van der Waals surface area contributed by atoms with Crippen molar-refractivity contribution in [1.82, 2.24) is 30.6 Å². The van der Waals surface area contributed by atoms with Gasteiger partial charge < -0.3 is 40.8 Å². The van der Waals surface area contributed by atoms with Gasteiger partial charge in [0.1, 0.15) is 43.0 Å². The third kappa shape index (κ3) is 10.7. The van der Waals surface area contributed by atoms with Gasteiger partial charge in [-0.15, -0.1) is 16.4 Å². The molecule has 20 heteroatoms. The van der Waals surface area contributed by atoms with Crippen molar-refractivity contribution in [2.45, 2.75) is 36.2 Å². The van der Waals surface area contributed by atoms with Gasteiger partial charge in [-0.2, -0.15) is 0 Å². The standard InChI is InChI=1S/C27H32N8O10S2/c28-20(12-36)25(38)30-6-7-44-18-3-1-2-16(8-18)13-43-15-22(26(39)40)31-24(37)11-35-10-17(33-34-35)14-45-19-4-5-21-23(9-19)46-27(32-21)47(29,41)42/h1-5,8-10,20,22,36H,6-7,11-15,28H2,(H,30,38)(H,31,37)(H,39,40)(H2,29,41,42)/t20-,22-/m0/s1. The number of benzene rings is 2. The summed E-state index contributed by atoms with van der Waals surface area (Å²) in [5.74, 6) is -1.51. The molecule has 0 saturated heterocycles. The van der Waals surface area contributed by atoms with Crippen molar-refractivity contribution < 1.29 is 47.2 Å². The monoisotopic (exact) mass is 692 g/mol. The molecule has 2 amide bonds. The van der Waals surface area contributed by atoms with E-state index in [4.69, 9.17) is 30.2 Å². The maximum Gasteiger partial charge on any atom is 0.328 e. The van der Waals surface area contributed by atoms with Gasteiger partial charge in [-0.25, -0.2) is 28.0 Å². The number of ether oxygens (including phenoxy) is 3. The van der Waals surface area contributed by atoms with Crippen LogP contribution in [0.25, 0.3) is 10.2 Å². The van der Waals surface area contributed by atoms with Crippen LogP contribution in [0.4, 0.5) is 0 Å². The molecule has 2 aromatic heterocycles. The molecule has 0 aliphatic carbocycles. The first kappa shape index (κ1) is 35.1. The Bertz CT molecular complexity index is 1810. The maximum absolute atomic E-state index is 12.5. The predicted octanol–water partition coefficient (Wildman–Crippen LogP) is -1.28. The number of aromatic nitrogens is 4. The lowest BCUT2D eigenvalue weighted by molar-refractivity contribution is -0.144.